The molecule has 2 saturated heterocycles. The van der Waals surface area contributed by atoms with Crippen molar-refractivity contribution in [2.45, 2.75) is 18.9 Å². The summed E-state index contributed by atoms with van der Waals surface area (Å²) in [5.41, 5.74) is 0.787. The predicted molar refractivity (Wildman–Crippen MR) is 98.4 cm³/mol. The molecule has 1 amide bonds. The summed E-state index contributed by atoms with van der Waals surface area (Å²) in [6.07, 6.45) is 3.89. The number of ether oxygens (including phenoxy) is 3. The summed E-state index contributed by atoms with van der Waals surface area (Å²) in [7, 11) is 3.17. The monoisotopic (exact) mass is 365 g/mol. The van der Waals surface area contributed by atoms with Crippen LogP contribution in [0, 0.1) is 0 Å². The van der Waals surface area contributed by atoms with E-state index in [2.05, 4.69) is 0 Å². The van der Waals surface area contributed by atoms with Gasteiger partial charge in [0, 0.05) is 12.2 Å². The van der Waals surface area contributed by atoms with Crippen LogP contribution in [0.1, 0.15) is 18.4 Å². The van der Waals surface area contributed by atoms with Gasteiger partial charge in [-0.2, -0.15) is 0 Å². The number of benzene rings is 1. The van der Waals surface area contributed by atoms with E-state index >= 15 is 0 Å². The van der Waals surface area contributed by atoms with E-state index in [0.29, 0.717) is 27.3 Å². The minimum absolute atomic E-state index is 0.0784. The molecule has 1 aromatic rings. The zero-order chi connectivity index (χ0) is 17.1. The van der Waals surface area contributed by atoms with Crippen LogP contribution in [0.4, 0.5) is 0 Å². The van der Waals surface area contributed by atoms with Crippen molar-refractivity contribution in [3.8, 4) is 11.5 Å². The summed E-state index contributed by atoms with van der Waals surface area (Å²) in [6, 6.07) is 5.56. The van der Waals surface area contributed by atoms with Gasteiger partial charge in [0.15, 0.2) is 11.5 Å². The lowest BCUT2D eigenvalue weighted by atomic mass is 10.1. The van der Waals surface area contributed by atoms with Gasteiger partial charge in [-0.3, -0.25) is 9.69 Å². The van der Waals surface area contributed by atoms with Crippen molar-refractivity contribution in [1.82, 2.24) is 4.90 Å². The number of thioether (sulfide) groups is 1. The number of amides is 1. The molecule has 0 saturated carbocycles. The number of methoxy groups -OCH3 is 2. The first-order valence-corrected chi connectivity index (χ1v) is 8.94. The normalized spacial score (nSPS) is 22.5. The molecule has 0 aliphatic carbocycles. The zero-order valence-corrected chi connectivity index (χ0v) is 15.2. The second kappa shape index (κ2) is 7.55. The van der Waals surface area contributed by atoms with Crippen LogP contribution < -0.4 is 9.47 Å². The van der Waals surface area contributed by atoms with Gasteiger partial charge in [0.1, 0.15) is 4.32 Å². The topological polar surface area (TPSA) is 48.0 Å². The maximum Gasteiger partial charge on any atom is 0.266 e. The number of hydrogen-bond donors (Lipinski definition) is 0. The number of para-hydroxylation sites is 1. The Kier molecular flexibility index (Phi) is 5.43. The Morgan fingerprint density at radius 3 is 2.92 bits per heavy atom. The SMILES string of the molecule is COc1cccc(/C=C2/SC(=S)N(C[C@H]3CCCO3)C2=O)c1OC. The number of thiocarbonyl (C=S) groups is 1. The molecule has 1 atom stereocenters. The molecule has 2 fully saturated rings. The Morgan fingerprint density at radius 1 is 1.42 bits per heavy atom. The molecule has 24 heavy (non-hydrogen) atoms. The minimum atomic E-state index is -0.0784. The van der Waals surface area contributed by atoms with Gasteiger partial charge in [0.05, 0.1) is 31.8 Å². The highest BCUT2D eigenvalue weighted by atomic mass is 32.2. The largest absolute Gasteiger partial charge is 0.493 e. The van der Waals surface area contributed by atoms with Crippen LogP contribution in [-0.2, 0) is 9.53 Å². The molecule has 1 aromatic carbocycles. The fraction of sp³-hybridized carbons (Fsp3) is 0.412. The number of hydrogen-bond acceptors (Lipinski definition) is 6. The van der Waals surface area contributed by atoms with Crippen LogP contribution >= 0.6 is 24.0 Å². The third-order valence-corrected chi connectivity index (χ3v) is 5.38. The Bertz CT molecular complexity index is 683. The maximum absolute atomic E-state index is 12.7. The number of carbonyl (C=O) groups excluding carboxylic acids is 1. The van der Waals surface area contributed by atoms with E-state index in [-0.39, 0.29) is 12.0 Å². The highest BCUT2D eigenvalue weighted by Crippen LogP contribution is 2.37. The van der Waals surface area contributed by atoms with E-state index in [1.165, 1.54) is 11.8 Å². The van der Waals surface area contributed by atoms with Crippen molar-refractivity contribution in [3.63, 3.8) is 0 Å². The van der Waals surface area contributed by atoms with Crippen LogP contribution in [0.15, 0.2) is 23.1 Å². The van der Waals surface area contributed by atoms with Crippen molar-refractivity contribution in [1.29, 1.82) is 0 Å². The molecule has 0 aromatic heterocycles. The van der Waals surface area contributed by atoms with Crippen LogP contribution in [0.5, 0.6) is 11.5 Å². The summed E-state index contributed by atoms with van der Waals surface area (Å²) < 4.78 is 16.9. The highest BCUT2D eigenvalue weighted by Gasteiger charge is 2.34. The van der Waals surface area contributed by atoms with Gasteiger partial charge in [0.25, 0.3) is 5.91 Å². The Hall–Kier alpha value is -1.57. The smallest absolute Gasteiger partial charge is 0.266 e. The fourth-order valence-corrected chi connectivity index (χ4v) is 4.08. The molecule has 5 nitrogen and oxygen atoms in total. The second-order valence-corrected chi connectivity index (χ2v) is 7.19. The van der Waals surface area contributed by atoms with E-state index in [4.69, 9.17) is 26.4 Å². The molecule has 7 heteroatoms. The van der Waals surface area contributed by atoms with Gasteiger partial charge in [-0.1, -0.05) is 36.1 Å². The van der Waals surface area contributed by atoms with Gasteiger partial charge in [0.2, 0.25) is 0 Å². The molecule has 0 bridgehead atoms. The Labute approximate surface area is 150 Å². The van der Waals surface area contributed by atoms with Crippen molar-refractivity contribution in [3.05, 3.63) is 28.7 Å². The van der Waals surface area contributed by atoms with E-state index in [0.717, 1.165) is 25.0 Å². The van der Waals surface area contributed by atoms with Crippen LogP contribution in [0.3, 0.4) is 0 Å². The molecule has 0 unspecified atom stereocenters. The lowest BCUT2D eigenvalue weighted by Gasteiger charge is -2.18. The lowest BCUT2D eigenvalue weighted by Crippen LogP contribution is -2.35. The lowest BCUT2D eigenvalue weighted by molar-refractivity contribution is -0.123. The molecule has 2 aliphatic heterocycles. The molecule has 0 spiro atoms. The highest BCUT2D eigenvalue weighted by molar-refractivity contribution is 8.26. The number of rotatable bonds is 5. The summed E-state index contributed by atoms with van der Waals surface area (Å²) in [5.74, 6) is 1.15. The molecule has 2 aliphatic rings. The minimum Gasteiger partial charge on any atom is -0.493 e. The molecule has 0 N–H and O–H groups in total. The van der Waals surface area contributed by atoms with Gasteiger partial charge in [-0.15, -0.1) is 0 Å². The molecule has 2 heterocycles. The average molecular weight is 365 g/mol. The van der Waals surface area contributed by atoms with E-state index < -0.39 is 0 Å². The Morgan fingerprint density at radius 2 is 2.25 bits per heavy atom. The third kappa shape index (κ3) is 3.43. The van der Waals surface area contributed by atoms with Gasteiger partial charge in [-0.05, 0) is 25.0 Å². The van der Waals surface area contributed by atoms with Crippen molar-refractivity contribution in [2.75, 3.05) is 27.4 Å². The number of carbonyl (C=O) groups is 1. The first-order valence-electron chi connectivity index (χ1n) is 7.72. The molecule has 0 radical (unpaired) electrons. The summed E-state index contributed by atoms with van der Waals surface area (Å²) in [6.45, 7) is 1.29. The average Bonchev–Trinajstić information content (AvgIpc) is 3.19. The molecule has 3 rings (SSSR count). The predicted octanol–water partition coefficient (Wildman–Crippen LogP) is 3.08. The third-order valence-electron chi connectivity index (χ3n) is 4.00. The quantitative estimate of drug-likeness (QED) is 0.590. The summed E-state index contributed by atoms with van der Waals surface area (Å²) >= 11 is 6.68. The Balaban J connectivity index is 1.83. The maximum atomic E-state index is 12.7. The van der Waals surface area contributed by atoms with Crippen molar-refractivity contribution < 1.29 is 19.0 Å². The fourth-order valence-electron chi connectivity index (χ4n) is 2.82. The van der Waals surface area contributed by atoms with E-state index in [9.17, 15) is 4.79 Å². The summed E-state index contributed by atoms with van der Waals surface area (Å²) in [5, 5.41) is 0. The molecular formula is C17H19NO4S2. The molecule has 128 valence electrons. The van der Waals surface area contributed by atoms with Crippen molar-refractivity contribution in [2.24, 2.45) is 0 Å². The van der Waals surface area contributed by atoms with E-state index in [1.807, 2.05) is 18.2 Å². The van der Waals surface area contributed by atoms with Gasteiger partial charge >= 0.3 is 0 Å². The van der Waals surface area contributed by atoms with Crippen molar-refractivity contribution >= 4 is 40.3 Å². The zero-order valence-electron chi connectivity index (χ0n) is 13.6. The summed E-state index contributed by atoms with van der Waals surface area (Å²) in [4.78, 5) is 14.9. The van der Waals surface area contributed by atoms with Gasteiger partial charge in [-0.25, -0.2) is 0 Å². The standard InChI is InChI=1S/C17H19NO4S2/c1-20-13-7-3-5-11(15(13)21-2)9-14-16(19)18(17(23)24-14)10-12-6-4-8-22-12/h3,5,7,9,12H,4,6,8,10H2,1-2H3/b14-9+/t12-/m1/s1. The van der Waals surface area contributed by atoms with Crippen LogP contribution in [0.2, 0.25) is 0 Å². The van der Waals surface area contributed by atoms with Gasteiger partial charge < -0.3 is 14.2 Å². The van der Waals surface area contributed by atoms with E-state index in [1.54, 1.807) is 25.2 Å². The van der Waals surface area contributed by atoms with Crippen LogP contribution in [-0.4, -0.2) is 48.6 Å². The van der Waals surface area contributed by atoms with Crippen LogP contribution in [0.25, 0.3) is 6.08 Å². The molecular weight excluding hydrogens is 346 g/mol. The first-order chi connectivity index (χ1) is 11.6. The second-order valence-electron chi connectivity index (χ2n) is 5.51. The number of nitrogens with zero attached hydrogens (tertiary/aromatic N) is 1. The first kappa shape index (κ1) is 17.3.